The van der Waals surface area contributed by atoms with Crippen molar-refractivity contribution in [1.29, 1.82) is 0 Å². The van der Waals surface area contributed by atoms with Crippen LogP contribution in [0, 0.1) is 0 Å². The van der Waals surface area contributed by atoms with Crippen LogP contribution in [0.1, 0.15) is 213 Å². The third-order valence-corrected chi connectivity index (χ3v) is 9.48. The lowest BCUT2D eigenvalue weighted by Gasteiger charge is -2.21. The molecule has 0 saturated carbocycles. The quantitative estimate of drug-likeness (QED) is 0.0393. The fourth-order valence-electron chi connectivity index (χ4n) is 6.27. The molecule has 1 amide bonds. The van der Waals surface area contributed by atoms with Gasteiger partial charge in [0.05, 0.1) is 31.3 Å². The first-order chi connectivity index (χ1) is 23.0. The summed E-state index contributed by atoms with van der Waals surface area (Å²) in [7, 11) is 0. The SMILES string of the molecule is CCCCCCCCCC/C=C/C(O)C(CO)NC(=O)CC(O)CCCCCCCC/C=C\CCCCCCCCCCCCCC. The van der Waals surface area contributed by atoms with Gasteiger partial charge in [-0.25, -0.2) is 0 Å². The van der Waals surface area contributed by atoms with Crippen molar-refractivity contribution >= 4 is 5.91 Å². The summed E-state index contributed by atoms with van der Waals surface area (Å²) in [5.41, 5.74) is 0. The molecule has 0 aliphatic heterocycles. The van der Waals surface area contributed by atoms with E-state index in [0.29, 0.717) is 6.42 Å². The average Bonchev–Trinajstić information content (AvgIpc) is 3.06. The zero-order valence-corrected chi connectivity index (χ0v) is 31.4. The Hall–Kier alpha value is -1.17. The van der Waals surface area contributed by atoms with Gasteiger partial charge in [-0.15, -0.1) is 0 Å². The second-order valence-electron chi connectivity index (χ2n) is 14.2. The molecule has 0 aromatic heterocycles. The standard InChI is InChI=1S/C42H81NO4/c1-3-5-7-9-11-13-15-16-17-18-19-20-21-22-23-24-25-26-27-29-31-33-35-39(45)37-42(47)43-40(38-44)41(46)36-34-32-30-28-14-12-10-8-6-4-2/h22-23,34,36,39-41,44-46H,3-21,24-33,35,37-38H2,1-2H3,(H,43,47)/b23-22-,36-34+. The summed E-state index contributed by atoms with van der Waals surface area (Å²) in [6.07, 6.45) is 44.6. The van der Waals surface area contributed by atoms with Gasteiger partial charge in [-0.3, -0.25) is 4.79 Å². The Kier molecular flexibility index (Phi) is 36.7. The second-order valence-corrected chi connectivity index (χ2v) is 14.2. The Morgan fingerprint density at radius 3 is 1.30 bits per heavy atom. The van der Waals surface area contributed by atoms with Crippen LogP contribution in [0.4, 0.5) is 0 Å². The molecule has 0 saturated heterocycles. The normalized spacial score (nSPS) is 13.9. The van der Waals surface area contributed by atoms with Gasteiger partial charge in [-0.1, -0.05) is 186 Å². The van der Waals surface area contributed by atoms with Crippen molar-refractivity contribution in [3.8, 4) is 0 Å². The summed E-state index contributed by atoms with van der Waals surface area (Å²) in [6, 6.07) is -0.742. The predicted octanol–water partition coefficient (Wildman–Crippen LogP) is 11.4. The number of hydrogen-bond acceptors (Lipinski definition) is 4. The van der Waals surface area contributed by atoms with E-state index in [9.17, 15) is 20.1 Å². The molecule has 0 bridgehead atoms. The Balaban J connectivity index is 3.63. The van der Waals surface area contributed by atoms with Crippen LogP contribution in [-0.4, -0.2) is 46.1 Å². The lowest BCUT2D eigenvalue weighted by molar-refractivity contribution is -0.124. The largest absolute Gasteiger partial charge is 0.394 e. The van der Waals surface area contributed by atoms with Gasteiger partial charge >= 0.3 is 0 Å². The van der Waals surface area contributed by atoms with E-state index in [-0.39, 0.29) is 18.9 Å². The Bertz CT molecular complexity index is 694. The van der Waals surface area contributed by atoms with Gasteiger partial charge in [0.1, 0.15) is 0 Å². The Morgan fingerprint density at radius 1 is 0.532 bits per heavy atom. The molecule has 0 aromatic rings. The molecule has 4 N–H and O–H groups in total. The molecular weight excluding hydrogens is 582 g/mol. The highest BCUT2D eigenvalue weighted by Crippen LogP contribution is 2.15. The van der Waals surface area contributed by atoms with Gasteiger partial charge in [0, 0.05) is 0 Å². The third-order valence-electron chi connectivity index (χ3n) is 9.48. The smallest absolute Gasteiger partial charge is 0.222 e. The number of amides is 1. The van der Waals surface area contributed by atoms with E-state index in [1.54, 1.807) is 6.08 Å². The summed E-state index contributed by atoms with van der Waals surface area (Å²) in [4.78, 5) is 12.4. The molecule has 0 fully saturated rings. The number of unbranched alkanes of at least 4 members (excludes halogenated alkanes) is 26. The molecule has 3 atom stereocenters. The summed E-state index contributed by atoms with van der Waals surface area (Å²) in [6.45, 7) is 4.19. The molecule has 47 heavy (non-hydrogen) atoms. The first-order valence-electron chi connectivity index (χ1n) is 20.6. The van der Waals surface area contributed by atoms with Gasteiger partial charge < -0.3 is 20.6 Å². The number of rotatable bonds is 37. The highest BCUT2D eigenvalue weighted by atomic mass is 16.3. The lowest BCUT2D eigenvalue weighted by Crippen LogP contribution is -2.45. The van der Waals surface area contributed by atoms with E-state index in [4.69, 9.17) is 0 Å². The molecule has 0 spiro atoms. The van der Waals surface area contributed by atoms with Crippen molar-refractivity contribution in [3.05, 3.63) is 24.3 Å². The maximum Gasteiger partial charge on any atom is 0.222 e. The molecule has 0 rings (SSSR count). The summed E-state index contributed by atoms with van der Waals surface area (Å²) in [5, 5.41) is 33.0. The predicted molar refractivity (Wildman–Crippen MR) is 204 cm³/mol. The number of hydrogen-bond donors (Lipinski definition) is 4. The molecule has 5 heteroatoms. The average molecular weight is 664 g/mol. The molecule has 0 aliphatic carbocycles. The van der Waals surface area contributed by atoms with Crippen molar-refractivity contribution in [1.82, 2.24) is 5.32 Å². The number of aliphatic hydroxyl groups excluding tert-OH is 3. The fraction of sp³-hybridized carbons (Fsp3) is 0.881. The number of aliphatic hydroxyl groups is 3. The molecule has 0 heterocycles. The monoisotopic (exact) mass is 664 g/mol. The topological polar surface area (TPSA) is 89.8 Å². The van der Waals surface area contributed by atoms with Gasteiger partial charge in [0.2, 0.25) is 5.91 Å². The van der Waals surface area contributed by atoms with Gasteiger partial charge in [0.15, 0.2) is 0 Å². The van der Waals surface area contributed by atoms with Crippen molar-refractivity contribution in [2.24, 2.45) is 0 Å². The number of nitrogens with one attached hydrogen (secondary N) is 1. The van der Waals surface area contributed by atoms with E-state index in [1.165, 1.54) is 161 Å². The molecule has 0 aromatic carbocycles. The molecule has 3 unspecified atom stereocenters. The van der Waals surface area contributed by atoms with E-state index in [2.05, 4.69) is 31.3 Å². The van der Waals surface area contributed by atoms with Crippen molar-refractivity contribution in [3.63, 3.8) is 0 Å². The highest BCUT2D eigenvalue weighted by molar-refractivity contribution is 5.76. The van der Waals surface area contributed by atoms with E-state index >= 15 is 0 Å². The summed E-state index contributed by atoms with van der Waals surface area (Å²) < 4.78 is 0. The van der Waals surface area contributed by atoms with Crippen molar-refractivity contribution in [2.75, 3.05) is 6.61 Å². The number of carbonyl (C=O) groups is 1. The van der Waals surface area contributed by atoms with Crippen LogP contribution >= 0.6 is 0 Å². The minimum absolute atomic E-state index is 0.0107. The lowest BCUT2D eigenvalue weighted by atomic mass is 10.0. The van der Waals surface area contributed by atoms with E-state index in [0.717, 1.165) is 25.7 Å². The minimum atomic E-state index is -0.926. The maximum atomic E-state index is 12.4. The van der Waals surface area contributed by atoms with Crippen LogP contribution in [0.15, 0.2) is 24.3 Å². The van der Waals surface area contributed by atoms with Gasteiger partial charge in [0.25, 0.3) is 0 Å². The number of carbonyl (C=O) groups excluding carboxylic acids is 1. The molecule has 0 radical (unpaired) electrons. The van der Waals surface area contributed by atoms with Gasteiger partial charge in [-0.2, -0.15) is 0 Å². The van der Waals surface area contributed by atoms with Crippen LogP contribution in [0.3, 0.4) is 0 Å². The fourth-order valence-corrected chi connectivity index (χ4v) is 6.27. The first-order valence-corrected chi connectivity index (χ1v) is 20.6. The van der Waals surface area contributed by atoms with E-state index in [1.807, 2.05) is 6.08 Å². The second kappa shape index (κ2) is 37.6. The minimum Gasteiger partial charge on any atom is -0.394 e. The van der Waals surface area contributed by atoms with Crippen LogP contribution in [0.25, 0.3) is 0 Å². The van der Waals surface area contributed by atoms with Crippen molar-refractivity contribution in [2.45, 2.75) is 231 Å². The zero-order chi connectivity index (χ0) is 34.5. The Morgan fingerprint density at radius 2 is 0.894 bits per heavy atom. The van der Waals surface area contributed by atoms with Crippen molar-refractivity contribution < 1.29 is 20.1 Å². The highest BCUT2D eigenvalue weighted by Gasteiger charge is 2.20. The zero-order valence-electron chi connectivity index (χ0n) is 31.4. The van der Waals surface area contributed by atoms with E-state index < -0.39 is 18.2 Å². The van der Waals surface area contributed by atoms with Crippen LogP contribution in [0.2, 0.25) is 0 Å². The third kappa shape index (κ3) is 34.5. The number of allylic oxidation sites excluding steroid dienone is 3. The Labute approximate surface area is 292 Å². The molecule has 5 nitrogen and oxygen atoms in total. The molecule has 278 valence electrons. The van der Waals surface area contributed by atoms with Crippen LogP contribution in [-0.2, 0) is 4.79 Å². The van der Waals surface area contributed by atoms with Gasteiger partial charge in [-0.05, 0) is 44.9 Å². The first kappa shape index (κ1) is 45.8. The molecule has 0 aliphatic rings. The molecular formula is C42H81NO4. The van der Waals surface area contributed by atoms with Crippen LogP contribution in [0.5, 0.6) is 0 Å². The summed E-state index contributed by atoms with van der Waals surface area (Å²) >= 11 is 0. The maximum absolute atomic E-state index is 12.4. The summed E-state index contributed by atoms with van der Waals surface area (Å²) in [5.74, 6) is -0.320. The van der Waals surface area contributed by atoms with Crippen LogP contribution < -0.4 is 5.32 Å².